The molecule has 25 heavy (non-hydrogen) atoms. The van der Waals surface area contributed by atoms with Gasteiger partial charge in [-0.2, -0.15) is 13.2 Å². The molecule has 2 aromatic rings. The fourth-order valence-corrected chi connectivity index (χ4v) is 1.96. The summed E-state index contributed by atoms with van der Waals surface area (Å²) in [4.78, 5) is 22.1. The molecule has 0 aliphatic rings. The van der Waals surface area contributed by atoms with E-state index >= 15 is 0 Å². The second-order valence-corrected chi connectivity index (χ2v) is 4.95. The Morgan fingerprint density at radius 3 is 2.32 bits per heavy atom. The van der Waals surface area contributed by atoms with Gasteiger partial charge in [-0.15, -0.1) is 0 Å². The van der Waals surface area contributed by atoms with E-state index in [1.165, 1.54) is 25.1 Å². The standard InChI is InChI=1S/C16H10F5NO3/c1-8-6-9(2-5-12(8)18)11-4-3-10(17)7-13(11)22-15(24)25-14(23)16(19,20)21/h2-7H,1H3,(H,22,24). The molecule has 0 radical (unpaired) electrons. The lowest BCUT2D eigenvalue weighted by Gasteiger charge is -2.12. The van der Waals surface area contributed by atoms with E-state index in [1.807, 2.05) is 5.32 Å². The zero-order valence-electron chi connectivity index (χ0n) is 12.6. The maximum Gasteiger partial charge on any atom is 0.491 e. The van der Waals surface area contributed by atoms with Crippen LogP contribution in [0, 0.1) is 18.6 Å². The molecular weight excluding hydrogens is 349 g/mol. The van der Waals surface area contributed by atoms with E-state index in [1.54, 1.807) is 0 Å². The Hall–Kier alpha value is -2.97. The summed E-state index contributed by atoms with van der Waals surface area (Å²) in [5.74, 6) is -3.99. The molecule has 9 heteroatoms. The molecule has 0 atom stereocenters. The number of esters is 1. The average molecular weight is 359 g/mol. The number of ether oxygens (including phenoxy) is 1. The third kappa shape index (κ3) is 4.52. The molecule has 2 aromatic carbocycles. The topological polar surface area (TPSA) is 55.4 Å². The quantitative estimate of drug-likeness (QED) is 0.485. The number of hydrogen-bond donors (Lipinski definition) is 1. The molecule has 0 spiro atoms. The number of amides is 1. The molecule has 0 aliphatic carbocycles. The van der Waals surface area contributed by atoms with E-state index in [4.69, 9.17) is 0 Å². The van der Waals surface area contributed by atoms with Crippen LogP contribution in [0.15, 0.2) is 36.4 Å². The van der Waals surface area contributed by atoms with Crippen molar-refractivity contribution in [2.75, 3.05) is 5.32 Å². The van der Waals surface area contributed by atoms with Crippen molar-refractivity contribution < 1.29 is 36.3 Å². The zero-order valence-corrected chi connectivity index (χ0v) is 12.6. The van der Waals surface area contributed by atoms with Crippen molar-refractivity contribution in [1.29, 1.82) is 0 Å². The highest BCUT2D eigenvalue weighted by Crippen LogP contribution is 2.30. The Labute approximate surface area is 138 Å². The van der Waals surface area contributed by atoms with Crippen molar-refractivity contribution in [2.24, 2.45) is 0 Å². The summed E-state index contributed by atoms with van der Waals surface area (Å²) in [7, 11) is 0. The van der Waals surface area contributed by atoms with Gasteiger partial charge in [-0.05, 0) is 48.4 Å². The predicted octanol–water partition coefficient (Wildman–Crippen LogP) is 4.58. The van der Waals surface area contributed by atoms with Gasteiger partial charge >= 0.3 is 18.2 Å². The first kappa shape index (κ1) is 18.4. The summed E-state index contributed by atoms with van der Waals surface area (Å²) in [5, 5.41) is 1.87. The van der Waals surface area contributed by atoms with E-state index in [0.29, 0.717) is 5.56 Å². The number of benzene rings is 2. The van der Waals surface area contributed by atoms with E-state index in [2.05, 4.69) is 4.74 Å². The molecule has 132 valence electrons. The molecule has 0 fully saturated rings. The summed E-state index contributed by atoms with van der Waals surface area (Å²) in [5.41, 5.74) is 0.589. The van der Waals surface area contributed by atoms with Gasteiger partial charge in [0.2, 0.25) is 0 Å². The maximum absolute atomic E-state index is 13.4. The first-order valence-corrected chi connectivity index (χ1v) is 6.74. The van der Waals surface area contributed by atoms with Gasteiger partial charge in [0.05, 0.1) is 5.69 Å². The van der Waals surface area contributed by atoms with Crippen LogP contribution in [0.1, 0.15) is 5.56 Å². The Balaban J connectivity index is 2.31. The molecule has 1 amide bonds. The number of carbonyl (C=O) groups is 2. The Kier molecular flexibility index (Phi) is 5.05. The number of anilines is 1. The Morgan fingerprint density at radius 2 is 1.72 bits per heavy atom. The number of aryl methyl sites for hydroxylation is 1. The van der Waals surface area contributed by atoms with E-state index in [9.17, 15) is 31.5 Å². The summed E-state index contributed by atoms with van der Waals surface area (Å²) in [6, 6.07) is 7.00. The van der Waals surface area contributed by atoms with Crippen LogP contribution in [0.3, 0.4) is 0 Å². The van der Waals surface area contributed by atoms with Gasteiger partial charge in [0.25, 0.3) is 0 Å². The molecule has 0 unspecified atom stereocenters. The first-order chi connectivity index (χ1) is 11.6. The smallest absolute Gasteiger partial charge is 0.369 e. The molecule has 1 N–H and O–H groups in total. The van der Waals surface area contributed by atoms with E-state index in [0.717, 1.165) is 18.2 Å². The minimum atomic E-state index is -5.35. The van der Waals surface area contributed by atoms with Gasteiger partial charge in [-0.1, -0.05) is 6.07 Å². The van der Waals surface area contributed by atoms with Crippen LogP contribution in [0.25, 0.3) is 11.1 Å². The van der Waals surface area contributed by atoms with E-state index in [-0.39, 0.29) is 16.8 Å². The second kappa shape index (κ2) is 6.88. The fourth-order valence-electron chi connectivity index (χ4n) is 1.96. The minimum Gasteiger partial charge on any atom is -0.369 e. The van der Waals surface area contributed by atoms with Gasteiger partial charge in [0, 0.05) is 5.56 Å². The molecule has 0 heterocycles. The number of carbonyl (C=O) groups excluding carboxylic acids is 2. The lowest BCUT2D eigenvalue weighted by molar-refractivity contribution is -0.192. The number of halogens is 5. The molecule has 0 aromatic heterocycles. The van der Waals surface area contributed by atoms with Crippen molar-refractivity contribution in [3.05, 3.63) is 53.6 Å². The van der Waals surface area contributed by atoms with Gasteiger partial charge in [-0.25, -0.2) is 18.4 Å². The normalized spacial score (nSPS) is 11.1. The third-order valence-corrected chi connectivity index (χ3v) is 3.10. The molecular formula is C16H10F5NO3. The highest BCUT2D eigenvalue weighted by atomic mass is 19.4. The highest BCUT2D eigenvalue weighted by Gasteiger charge is 2.42. The summed E-state index contributed by atoms with van der Waals surface area (Å²) in [6.07, 6.45) is -7.08. The molecule has 0 bridgehead atoms. The SMILES string of the molecule is Cc1cc(-c2ccc(F)cc2NC(=O)OC(=O)C(F)(F)F)ccc1F. The summed E-state index contributed by atoms with van der Waals surface area (Å²) < 4.78 is 66.6. The van der Waals surface area contributed by atoms with Gasteiger partial charge in [0.15, 0.2) is 0 Å². The van der Waals surface area contributed by atoms with Gasteiger partial charge < -0.3 is 4.74 Å². The monoisotopic (exact) mass is 359 g/mol. The molecule has 2 rings (SSSR count). The highest BCUT2D eigenvalue weighted by molar-refractivity contribution is 5.97. The van der Waals surface area contributed by atoms with Crippen molar-refractivity contribution in [1.82, 2.24) is 0 Å². The summed E-state index contributed by atoms with van der Waals surface area (Å²) >= 11 is 0. The van der Waals surface area contributed by atoms with Gasteiger partial charge in [-0.3, -0.25) is 5.32 Å². The molecule has 4 nitrogen and oxygen atoms in total. The predicted molar refractivity (Wildman–Crippen MR) is 77.7 cm³/mol. The lowest BCUT2D eigenvalue weighted by Crippen LogP contribution is -2.30. The van der Waals surface area contributed by atoms with Crippen molar-refractivity contribution in [3.63, 3.8) is 0 Å². The van der Waals surface area contributed by atoms with Crippen LogP contribution in [0.5, 0.6) is 0 Å². The maximum atomic E-state index is 13.4. The van der Waals surface area contributed by atoms with Crippen LogP contribution < -0.4 is 5.32 Å². The molecule has 0 aliphatic heterocycles. The third-order valence-electron chi connectivity index (χ3n) is 3.10. The van der Waals surface area contributed by atoms with Crippen molar-refractivity contribution in [2.45, 2.75) is 13.1 Å². The largest absolute Gasteiger partial charge is 0.491 e. The van der Waals surface area contributed by atoms with E-state index < -0.39 is 29.9 Å². The number of alkyl halides is 3. The average Bonchev–Trinajstić information content (AvgIpc) is 2.49. The Bertz CT molecular complexity index is 833. The number of hydrogen-bond acceptors (Lipinski definition) is 3. The van der Waals surface area contributed by atoms with Crippen LogP contribution >= 0.6 is 0 Å². The van der Waals surface area contributed by atoms with Crippen LogP contribution in [-0.4, -0.2) is 18.2 Å². The minimum absolute atomic E-state index is 0.195. The van der Waals surface area contributed by atoms with Crippen LogP contribution in [0.4, 0.5) is 32.4 Å². The first-order valence-electron chi connectivity index (χ1n) is 6.74. The number of rotatable bonds is 2. The van der Waals surface area contributed by atoms with Crippen molar-refractivity contribution in [3.8, 4) is 11.1 Å². The van der Waals surface area contributed by atoms with Crippen LogP contribution in [0.2, 0.25) is 0 Å². The lowest BCUT2D eigenvalue weighted by atomic mass is 10.0. The fraction of sp³-hybridized carbons (Fsp3) is 0.125. The van der Waals surface area contributed by atoms with Crippen molar-refractivity contribution >= 4 is 17.7 Å². The molecule has 0 saturated heterocycles. The molecule has 0 saturated carbocycles. The van der Waals surface area contributed by atoms with Crippen LogP contribution in [-0.2, 0) is 9.53 Å². The summed E-state index contributed by atoms with van der Waals surface area (Å²) in [6.45, 7) is 1.48. The number of nitrogens with one attached hydrogen (secondary N) is 1. The van der Waals surface area contributed by atoms with Gasteiger partial charge in [0.1, 0.15) is 11.6 Å². The Morgan fingerprint density at radius 1 is 1.04 bits per heavy atom. The zero-order chi connectivity index (χ0) is 18.8. The second-order valence-electron chi connectivity index (χ2n) is 4.95.